The molecule has 3 nitrogen and oxygen atoms in total. The van der Waals surface area contributed by atoms with Crippen LogP contribution >= 0.6 is 11.6 Å². The minimum absolute atomic E-state index is 0.107. The second-order valence-corrected chi connectivity index (χ2v) is 4.39. The first kappa shape index (κ1) is 13.2. The highest BCUT2D eigenvalue weighted by atomic mass is 35.5. The van der Waals surface area contributed by atoms with Gasteiger partial charge >= 0.3 is 0 Å². The number of aromatic hydroxyl groups is 2. The number of phenolic OH excluding ortho intramolecular Hbond substituents is 2. The molecule has 19 heavy (non-hydrogen) atoms. The van der Waals surface area contributed by atoms with Crippen LogP contribution in [0.25, 0.3) is 6.08 Å². The van der Waals surface area contributed by atoms with Crippen molar-refractivity contribution in [2.45, 2.75) is 0 Å². The normalized spacial score (nSPS) is 10.8. The molecule has 0 spiro atoms. The molecule has 0 bridgehead atoms. The zero-order valence-corrected chi connectivity index (χ0v) is 10.6. The van der Waals surface area contributed by atoms with Crippen molar-refractivity contribution in [3.05, 3.63) is 64.7 Å². The van der Waals surface area contributed by atoms with Crippen molar-refractivity contribution < 1.29 is 15.0 Å². The average molecular weight is 275 g/mol. The molecule has 0 saturated heterocycles. The van der Waals surface area contributed by atoms with Crippen molar-refractivity contribution in [3.8, 4) is 11.5 Å². The molecule has 2 aromatic carbocycles. The SMILES string of the molecule is O=C(/C=C/c1ccc(O)cc1)c1cc(Cl)ccc1O. The minimum Gasteiger partial charge on any atom is -0.508 e. The highest BCUT2D eigenvalue weighted by Crippen LogP contribution is 2.22. The van der Waals surface area contributed by atoms with Gasteiger partial charge in [-0.05, 0) is 42.0 Å². The molecule has 0 unspecified atom stereocenters. The summed E-state index contributed by atoms with van der Waals surface area (Å²) in [6.07, 6.45) is 2.94. The summed E-state index contributed by atoms with van der Waals surface area (Å²) in [5, 5.41) is 19.1. The Hall–Kier alpha value is -2.26. The fourth-order valence-corrected chi connectivity index (χ4v) is 1.72. The number of ketones is 1. The molecule has 2 rings (SSSR count). The number of phenols is 2. The van der Waals surface area contributed by atoms with Gasteiger partial charge in [-0.1, -0.05) is 29.8 Å². The van der Waals surface area contributed by atoms with Crippen molar-refractivity contribution in [2.24, 2.45) is 0 Å². The molecule has 0 aliphatic carbocycles. The van der Waals surface area contributed by atoms with Gasteiger partial charge in [0, 0.05) is 5.02 Å². The molecule has 0 saturated carbocycles. The third-order valence-electron chi connectivity index (χ3n) is 2.54. The average Bonchev–Trinajstić information content (AvgIpc) is 2.40. The largest absolute Gasteiger partial charge is 0.508 e. The first-order valence-corrected chi connectivity index (χ1v) is 5.94. The fourth-order valence-electron chi connectivity index (χ4n) is 1.55. The highest BCUT2D eigenvalue weighted by Gasteiger charge is 2.08. The van der Waals surface area contributed by atoms with E-state index in [9.17, 15) is 9.90 Å². The molecular formula is C15H11ClO3. The maximum Gasteiger partial charge on any atom is 0.189 e. The van der Waals surface area contributed by atoms with E-state index in [1.54, 1.807) is 18.2 Å². The number of rotatable bonds is 3. The van der Waals surface area contributed by atoms with E-state index in [0.29, 0.717) is 5.02 Å². The van der Waals surface area contributed by atoms with Gasteiger partial charge in [0.2, 0.25) is 0 Å². The van der Waals surface area contributed by atoms with Gasteiger partial charge in [0.05, 0.1) is 5.56 Å². The molecule has 0 aliphatic heterocycles. The van der Waals surface area contributed by atoms with E-state index in [2.05, 4.69) is 0 Å². The molecular weight excluding hydrogens is 264 g/mol. The lowest BCUT2D eigenvalue weighted by molar-refractivity contribution is 0.104. The van der Waals surface area contributed by atoms with Crippen LogP contribution in [0.3, 0.4) is 0 Å². The maximum absolute atomic E-state index is 11.9. The van der Waals surface area contributed by atoms with E-state index in [4.69, 9.17) is 16.7 Å². The van der Waals surface area contributed by atoms with Crippen LogP contribution in [0.2, 0.25) is 5.02 Å². The zero-order chi connectivity index (χ0) is 13.8. The Balaban J connectivity index is 2.21. The van der Waals surface area contributed by atoms with E-state index in [1.165, 1.54) is 36.4 Å². The third-order valence-corrected chi connectivity index (χ3v) is 2.78. The number of carbonyl (C=O) groups is 1. The molecule has 0 fully saturated rings. The lowest BCUT2D eigenvalue weighted by Gasteiger charge is -2.01. The predicted molar refractivity (Wildman–Crippen MR) is 74.6 cm³/mol. The Morgan fingerprint density at radius 1 is 1.05 bits per heavy atom. The number of allylic oxidation sites excluding steroid dienone is 1. The van der Waals surface area contributed by atoms with E-state index in [1.807, 2.05) is 0 Å². The second-order valence-electron chi connectivity index (χ2n) is 3.95. The number of carbonyl (C=O) groups excluding carboxylic acids is 1. The van der Waals surface area contributed by atoms with Gasteiger partial charge in [-0.25, -0.2) is 0 Å². The highest BCUT2D eigenvalue weighted by molar-refractivity contribution is 6.31. The summed E-state index contributed by atoms with van der Waals surface area (Å²) >= 11 is 5.78. The summed E-state index contributed by atoms with van der Waals surface area (Å²) in [6, 6.07) is 10.7. The monoisotopic (exact) mass is 274 g/mol. The predicted octanol–water partition coefficient (Wildman–Crippen LogP) is 3.65. The van der Waals surface area contributed by atoms with E-state index in [-0.39, 0.29) is 22.8 Å². The summed E-state index contributed by atoms with van der Waals surface area (Å²) in [4.78, 5) is 11.9. The molecule has 96 valence electrons. The van der Waals surface area contributed by atoms with E-state index in [0.717, 1.165) is 5.56 Å². The summed E-state index contributed by atoms with van der Waals surface area (Å²) in [7, 11) is 0. The summed E-state index contributed by atoms with van der Waals surface area (Å²) in [5.41, 5.74) is 0.926. The molecule has 0 heterocycles. The fraction of sp³-hybridized carbons (Fsp3) is 0. The molecule has 2 aromatic rings. The van der Waals surface area contributed by atoms with E-state index >= 15 is 0 Å². The standard InChI is InChI=1S/C15H11ClO3/c16-11-4-8-15(19)13(9-11)14(18)7-3-10-1-5-12(17)6-2-10/h1-9,17,19H/b7-3+. The van der Waals surface area contributed by atoms with Crippen LogP contribution in [0.1, 0.15) is 15.9 Å². The number of halogens is 1. The Labute approximate surface area is 115 Å². The van der Waals surface area contributed by atoms with Crippen molar-refractivity contribution in [2.75, 3.05) is 0 Å². The summed E-state index contributed by atoms with van der Waals surface area (Å²) < 4.78 is 0. The van der Waals surface area contributed by atoms with Gasteiger partial charge in [0.1, 0.15) is 11.5 Å². The molecule has 4 heteroatoms. The minimum atomic E-state index is -0.340. The molecule has 2 N–H and O–H groups in total. The summed E-state index contributed by atoms with van der Waals surface area (Å²) in [5.74, 6) is -0.284. The topological polar surface area (TPSA) is 57.5 Å². The van der Waals surface area contributed by atoms with Crippen LogP contribution in [0, 0.1) is 0 Å². The van der Waals surface area contributed by atoms with Gasteiger partial charge in [-0.15, -0.1) is 0 Å². The lowest BCUT2D eigenvalue weighted by atomic mass is 10.1. The van der Waals surface area contributed by atoms with Gasteiger partial charge < -0.3 is 10.2 Å². The van der Waals surface area contributed by atoms with Crippen LogP contribution < -0.4 is 0 Å². The van der Waals surface area contributed by atoms with Crippen molar-refractivity contribution in [1.29, 1.82) is 0 Å². The Morgan fingerprint density at radius 2 is 1.74 bits per heavy atom. The quantitative estimate of drug-likeness (QED) is 0.663. The van der Waals surface area contributed by atoms with Crippen LogP contribution in [0.5, 0.6) is 11.5 Å². The number of benzene rings is 2. The van der Waals surface area contributed by atoms with Crippen molar-refractivity contribution >= 4 is 23.5 Å². The molecule has 0 amide bonds. The Kier molecular flexibility index (Phi) is 3.88. The van der Waals surface area contributed by atoms with Crippen LogP contribution in [0.15, 0.2) is 48.5 Å². The molecule has 0 aromatic heterocycles. The van der Waals surface area contributed by atoms with Crippen LogP contribution in [-0.4, -0.2) is 16.0 Å². The first-order chi connectivity index (χ1) is 9.06. The zero-order valence-electron chi connectivity index (χ0n) is 9.88. The van der Waals surface area contributed by atoms with Gasteiger partial charge in [0.15, 0.2) is 5.78 Å². The Morgan fingerprint density at radius 3 is 2.42 bits per heavy atom. The van der Waals surface area contributed by atoms with Crippen LogP contribution in [0.4, 0.5) is 0 Å². The lowest BCUT2D eigenvalue weighted by Crippen LogP contribution is -1.94. The second kappa shape index (κ2) is 5.59. The third kappa shape index (κ3) is 3.36. The van der Waals surface area contributed by atoms with Gasteiger partial charge in [-0.3, -0.25) is 4.79 Å². The van der Waals surface area contributed by atoms with Crippen molar-refractivity contribution in [3.63, 3.8) is 0 Å². The number of hydrogen-bond acceptors (Lipinski definition) is 3. The van der Waals surface area contributed by atoms with E-state index < -0.39 is 0 Å². The maximum atomic E-state index is 11.9. The Bertz CT molecular complexity index is 630. The molecule has 0 aliphatic rings. The van der Waals surface area contributed by atoms with Gasteiger partial charge in [-0.2, -0.15) is 0 Å². The molecule has 0 atom stereocenters. The van der Waals surface area contributed by atoms with Gasteiger partial charge in [0.25, 0.3) is 0 Å². The van der Waals surface area contributed by atoms with Crippen LogP contribution in [-0.2, 0) is 0 Å². The first-order valence-electron chi connectivity index (χ1n) is 5.56. The smallest absolute Gasteiger partial charge is 0.189 e. The van der Waals surface area contributed by atoms with Crippen molar-refractivity contribution in [1.82, 2.24) is 0 Å². The number of hydrogen-bond donors (Lipinski definition) is 2. The molecule has 0 radical (unpaired) electrons. The summed E-state index contributed by atoms with van der Waals surface area (Å²) in [6.45, 7) is 0.